The fourth-order valence-electron chi connectivity index (χ4n) is 3.09. The molecular formula is C19H28N2O2. The van der Waals surface area contributed by atoms with Crippen molar-refractivity contribution in [3.05, 3.63) is 29.8 Å². The van der Waals surface area contributed by atoms with Gasteiger partial charge in [0.05, 0.1) is 0 Å². The lowest BCUT2D eigenvalue weighted by atomic mass is 9.86. The Bertz CT molecular complexity index is 525. The van der Waals surface area contributed by atoms with Crippen LogP contribution in [0.15, 0.2) is 24.3 Å². The SMILES string of the molecule is CCCCc1ccc(NC(=O)C(=O)N[C@H]2CCCC[C@H]2C)cc1. The summed E-state index contributed by atoms with van der Waals surface area (Å²) < 4.78 is 0. The Balaban J connectivity index is 1.84. The number of carbonyl (C=O) groups is 2. The zero-order valence-corrected chi connectivity index (χ0v) is 14.2. The molecule has 4 heteroatoms. The molecule has 0 bridgehead atoms. The summed E-state index contributed by atoms with van der Waals surface area (Å²) in [4.78, 5) is 24.1. The van der Waals surface area contributed by atoms with E-state index < -0.39 is 11.8 Å². The molecule has 2 atom stereocenters. The standard InChI is InChI=1S/C19H28N2O2/c1-3-4-8-15-10-12-16(13-11-15)20-18(22)19(23)21-17-9-6-5-7-14(17)2/h10-14,17H,3-9H2,1-2H3,(H,20,22)(H,21,23)/t14-,17+/m1/s1. The van der Waals surface area contributed by atoms with E-state index in [4.69, 9.17) is 0 Å². The van der Waals surface area contributed by atoms with E-state index in [9.17, 15) is 9.59 Å². The Morgan fingerprint density at radius 2 is 1.78 bits per heavy atom. The first kappa shape index (κ1) is 17.5. The van der Waals surface area contributed by atoms with Crippen molar-refractivity contribution in [2.45, 2.75) is 64.8 Å². The van der Waals surface area contributed by atoms with Gasteiger partial charge in [-0.2, -0.15) is 0 Å². The largest absolute Gasteiger partial charge is 0.345 e. The van der Waals surface area contributed by atoms with Crippen LogP contribution in [0.5, 0.6) is 0 Å². The van der Waals surface area contributed by atoms with Crippen LogP contribution < -0.4 is 10.6 Å². The summed E-state index contributed by atoms with van der Waals surface area (Å²) in [6.07, 6.45) is 7.79. The lowest BCUT2D eigenvalue weighted by Crippen LogP contribution is -2.45. The summed E-state index contributed by atoms with van der Waals surface area (Å²) in [6.45, 7) is 4.30. The van der Waals surface area contributed by atoms with Crippen LogP contribution in [0, 0.1) is 5.92 Å². The van der Waals surface area contributed by atoms with E-state index in [0.29, 0.717) is 11.6 Å². The normalized spacial score (nSPS) is 20.8. The first-order chi connectivity index (χ1) is 11.1. The minimum atomic E-state index is -0.580. The van der Waals surface area contributed by atoms with Gasteiger partial charge in [-0.05, 0) is 49.3 Å². The van der Waals surface area contributed by atoms with Gasteiger partial charge in [0, 0.05) is 11.7 Å². The first-order valence-corrected chi connectivity index (χ1v) is 8.81. The van der Waals surface area contributed by atoms with E-state index in [0.717, 1.165) is 38.5 Å². The highest BCUT2D eigenvalue weighted by molar-refractivity contribution is 6.39. The van der Waals surface area contributed by atoms with Crippen molar-refractivity contribution < 1.29 is 9.59 Å². The predicted octanol–water partition coefficient (Wildman–Crippen LogP) is 3.66. The van der Waals surface area contributed by atoms with Crippen LogP contribution >= 0.6 is 0 Å². The zero-order chi connectivity index (χ0) is 16.7. The molecule has 0 spiro atoms. The smallest absolute Gasteiger partial charge is 0.313 e. The first-order valence-electron chi connectivity index (χ1n) is 8.81. The van der Waals surface area contributed by atoms with Gasteiger partial charge in [0.25, 0.3) is 0 Å². The van der Waals surface area contributed by atoms with Crippen LogP contribution in [-0.2, 0) is 16.0 Å². The lowest BCUT2D eigenvalue weighted by Gasteiger charge is -2.29. The van der Waals surface area contributed by atoms with Crippen LogP contribution in [0.25, 0.3) is 0 Å². The molecule has 1 saturated carbocycles. The van der Waals surface area contributed by atoms with Gasteiger partial charge in [-0.1, -0.05) is 45.2 Å². The van der Waals surface area contributed by atoms with E-state index in [1.165, 1.54) is 12.0 Å². The van der Waals surface area contributed by atoms with Crippen molar-refractivity contribution in [2.24, 2.45) is 5.92 Å². The Morgan fingerprint density at radius 1 is 1.09 bits per heavy atom. The van der Waals surface area contributed by atoms with Crippen LogP contribution in [0.3, 0.4) is 0 Å². The molecule has 0 heterocycles. The zero-order valence-electron chi connectivity index (χ0n) is 14.2. The van der Waals surface area contributed by atoms with Gasteiger partial charge >= 0.3 is 11.8 Å². The minimum Gasteiger partial charge on any atom is -0.345 e. The number of amides is 2. The molecule has 2 rings (SSSR count). The number of hydrogen-bond donors (Lipinski definition) is 2. The number of unbranched alkanes of at least 4 members (excludes halogenated alkanes) is 1. The average Bonchev–Trinajstić information content (AvgIpc) is 2.56. The number of hydrogen-bond acceptors (Lipinski definition) is 2. The summed E-state index contributed by atoms with van der Waals surface area (Å²) >= 11 is 0. The third kappa shape index (κ3) is 5.38. The molecule has 1 aliphatic rings. The van der Waals surface area contributed by atoms with E-state index in [2.05, 4.69) is 24.5 Å². The van der Waals surface area contributed by atoms with Gasteiger partial charge in [-0.25, -0.2) is 0 Å². The van der Waals surface area contributed by atoms with E-state index in [-0.39, 0.29) is 6.04 Å². The quantitative estimate of drug-likeness (QED) is 0.814. The Hall–Kier alpha value is -1.84. The molecule has 0 unspecified atom stereocenters. The van der Waals surface area contributed by atoms with Gasteiger partial charge in [-0.15, -0.1) is 0 Å². The molecule has 126 valence electrons. The van der Waals surface area contributed by atoms with Crippen molar-refractivity contribution in [1.29, 1.82) is 0 Å². The Kier molecular flexibility index (Phi) is 6.63. The van der Waals surface area contributed by atoms with Crippen LogP contribution in [0.1, 0.15) is 57.9 Å². The molecule has 1 aliphatic carbocycles. The predicted molar refractivity (Wildman–Crippen MR) is 93.2 cm³/mol. The fourth-order valence-corrected chi connectivity index (χ4v) is 3.09. The van der Waals surface area contributed by atoms with Crippen molar-refractivity contribution >= 4 is 17.5 Å². The molecule has 2 amide bonds. The maximum absolute atomic E-state index is 12.0. The highest BCUT2D eigenvalue weighted by Gasteiger charge is 2.25. The number of rotatable bonds is 5. The van der Waals surface area contributed by atoms with Gasteiger partial charge in [0.15, 0.2) is 0 Å². The van der Waals surface area contributed by atoms with Crippen molar-refractivity contribution in [2.75, 3.05) is 5.32 Å². The number of benzene rings is 1. The van der Waals surface area contributed by atoms with Crippen molar-refractivity contribution in [3.8, 4) is 0 Å². The van der Waals surface area contributed by atoms with Gasteiger partial charge in [0.2, 0.25) is 0 Å². The molecule has 4 nitrogen and oxygen atoms in total. The molecule has 0 radical (unpaired) electrons. The summed E-state index contributed by atoms with van der Waals surface area (Å²) in [7, 11) is 0. The third-order valence-corrected chi connectivity index (χ3v) is 4.67. The molecule has 2 N–H and O–H groups in total. The molecule has 0 aromatic heterocycles. The van der Waals surface area contributed by atoms with Gasteiger partial charge in [-0.3, -0.25) is 9.59 Å². The van der Waals surface area contributed by atoms with Crippen LogP contribution in [0.4, 0.5) is 5.69 Å². The minimum absolute atomic E-state index is 0.124. The van der Waals surface area contributed by atoms with Crippen molar-refractivity contribution in [1.82, 2.24) is 5.32 Å². The highest BCUT2D eigenvalue weighted by atomic mass is 16.2. The molecule has 23 heavy (non-hydrogen) atoms. The Morgan fingerprint density at radius 3 is 2.43 bits per heavy atom. The summed E-state index contributed by atoms with van der Waals surface area (Å²) in [5.41, 5.74) is 1.92. The summed E-state index contributed by atoms with van der Waals surface area (Å²) in [5, 5.41) is 5.56. The topological polar surface area (TPSA) is 58.2 Å². The summed E-state index contributed by atoms with van der Waals surface area (Å²) in [6, 6.07) is 7.86. The third-order valence-electron chi connectivity index (χ3n) is 4.67. The second-order valence-corrected chi connectivity index (χ2v) is 6.60. The second kappa shape index (κ2) is 8.70. The monoisotopic (exact) mass is 316 g/mol. The molecule has 1 aromatic rings. The fraction of sp³-hybridized carbons (Fsp3) is 0.579. The number of nitrogens with one attached hydrogen (secondary N) is 2. The molecule has 1 aromatic carbocycles. The lowest BCUT2D eigenvalue weighted by molar-refractivity contribution is -0.137. The number of anilines is 1. The maximum Gasteiger partial charge on any atom is 0.313 e. The van der Waals surface area contributed by atoms with E-state index in [1.54, 1.807) is 0 Å². The van der Waals surface area contributed by atoms with E-state index >= 15 is 0 Å². The number of aryl methyl sites for hydroxylation is 1. The van der Waals surface area contributed by atoms with Crippen molar-refractivity contribution in [3.63, 3.8) is 0 Å². The molecular weight excluding hydrogens is 288 g/mol. The van der Waals surface area contributed by atoms with Crippen LogP contribution in [-0.4, -0.2) is 17.9 Å². The molecule has 1 fully saturated rings. The van der Waals surface area contributed by atoms with E-state index in [1.807, 2.05) is 24.3 Å². The average molecular weight is 316 g/mol. The van der Waals surface area contributed by atoms with Gasteiger partial charge in [0.1, 0.15) is 0 Å². The highest BCUT2D eigenvalue weighted by Crippen LogP contribution is 2.23. The maximum atomic E-state index is 12.0. The molecule has 0 saturated heterocycles. The Labute approximate surface area is 139 Å². The summed E-state index contributed by atoms with van der Waals surface area (Å²) in [5.74, 6) is -0.666. The van der Waals surface area contributed by atoms with Crippen LogP contribution in [0.2, 0.25) is 0 Å². The molecule has 0 aliphatic heterocycles. The van der Waals surface area contributed by atoms with Gasteiger partial charge < -0.3 is 10.6 Å². The second-order valence-electron chi connectivity index (χ2n) is 6.60. The number of carbonyl (C=O) groups excluding carboxylic acids is 2.